The van der Waals surface area contributed by atoms with Crippen LogP contribution in [0.15, 0.2) is 43.0 Å². The van der Waals surface area contributed by atoms with Crippen molar-refractivity contribution in [1.82, 2.24) is 9.55 Å². The molecule has 0 aliphatic carbocycles. The van der Waals surface area contributed by atoms with Crippen molar-refractivity contribution in [3.63, 3.8) is 0 Å². The first-order valence-corrected chi connectivity index (χ1v) is 4.99. The van der Waals surface area contributed by atoms with Crippen molar-refractivity contribution in [2.45, 2.75) is 6.54 Å². The predicted octanol–water partition coefficient (Wildman–Crippen LogP) is 1.94. The number of terminal acetylenes is 1. The molecule has 2 rings (SSSR count). The normalized spacial score (nSPS) is 9.69. The second-order valence-corrected chi connectivity index (χ2v) is 3.37. The third-order valence-electron chi connectivity index (χ3n) is 2.17. The molecule has 0 aliphatic rings. The van der Waals surface area contributed by atoms with Crippen LogP contribution in [0.2, 0.25) is 0 Å². The summed E-state index contributed by atoms with van der Waals surface area (Å²) in [6.45, 7) is 1.12. The molecule has 0 atom stereocenters. The Morgan fingerprint density at radius 3 is 2.75 bits per heavy atom. The molecule has 16 heavy (non-hydrogen) atoms. The minimum Gasteiger partial charge on any atom is -0.481 e. The van der Waals surface area contributed by atoms with E-state index in [1.807, 2.05) is 35.0 Å². The van der Waals surface area contributed by atoms with Gasteiger partial charge in [0.2, 0.25) is 0 Å². The standard InChI is InChI=1S/C13H12N2O/c1-2-9-16-13-5-3-12(4-6-13)10-15-8-7-14-11-15/h1,3-8,11H,9-10H2. The monoisotopic (exact) mass is 212 g/mol. The molecule has 0 aliphatic heterocycles. The fourth-order valence-corrected chi connectivity index (χ4v) is 1.41. The van der Waals surface area contributed by atoms with Gasteiger partial charge in [-0.3, -0.25) is 0 Å². The second-order valence-electron chi connectivity index (χ2n) is 3.37. The minimum absolute atomic E-state index is 0.306. The van der Waals surface area contributed by atoms with Crippen molar-refractivity contribution in [3.05, 3.63) is 48.5 Å². The number of aromatic nitrogens is 2. The number of hydrogen-bond donors (Lipinski definition) is 0. The summed E-state index contributed by atoms with van der Waals surface area (Å²) >= 11 is 0. The lowest BCUT2D eigenvalue weighted by atomic mass is 10.2. The number of nitrogens with zero attached hydrogens (tertiary/aromatic N) is 2. The van der Waals surface area contributed by atoms with Crippen LogP contribution in [-0.4, -0.2) is 16.2 Å². The Morgan fingerprint density at radius 1 is 1.31 bits per heavy atom. The third kappa shape index (κ3) is 2.64. The molecule has 2 aromatic rings. The first kappa shape index (κ1) is 10.3. The van der Waals surface area contributed by atoms with Crippen LogP contribution in [0.4, 0.5) is 0 Å². The van der Waals surface area contributed by atoms with E-state index in [1.165, 1.54) is 5.56 Å². The van der Waals surface area contributed by atoms with Crippen molar-refractivity contribution < 1.29 is 4.74 Å². The average Bonchev–Trinajstić information content (AvgIpc) is 2.81. The molecular weight excluding hydrogens is 200 g/mol. The Bertz CT molecular complexity index is 466. The minimum atomic E-state index is 0.306. The second kappa shape index (κ2) is 5.04. The van der Waals surface area contributed by atoms with Crippen molar-refractivity contribution in [1.29, 1.82) is 0 Å². The Hall–Kier alpha value is -2.21. The molecule has 3 heteroatoms. The van der Waals surface area contributed by atoms with Crippen LogP contribution in [0.25, 0.3) is 0 Å². The Balaban J connectivity index is 2.00. The lowest BCUT2D eigenvalue weighted by Crippen LogP contribution is -1.97. The fraction of sp³-hybridized carbons (Fsp3) is 0.154. The van der Waals surface area contributed by atoms with Gasteiger partial charge in [0.1, 0.15) is 12.4 Å². The van der Waals surface area contributed by atoms with Gasteiger partial charge in [0.15, 0.2) is 0 Å². The molecule has 0 saturated heterocycles. The zero-order valence-corrected chi connectivity index (χ0v) is 8.84. The highest BCUT2D eigenvalue weighted by molar-refractivity contribution is 5.27. The van der Waals surface area contributed by atoms with Crippen LogP contribution in [0.3, 0.4) is 0 Å². The molecule has 3 nitrogen and oxygen atoms in total. The summed E-state index contributed by atoms with van der Waals surface area (Å²) in [5.74, 6) is 3.23. The van der Waals surface area contributed by atoms with Crippen molar-refractivity contribution in [2.75, 3.05) is 6.61 Å². The number of imidazole rings is 1. The Kier molecular flexibility index (Phi) is 3.25. The van der Waals surface area contributed by atoms with Gasteiger partial charge in [-0.1, -0.05) is 18.1 Å². The van der Waals surface area contributed by atoms with Crippen molar-refractivity contribution in [2.24, 2.45) is 0 Å². The van der Waals surface area contributed by atoms with Crippen LogP contribution in [0, 0.1) is 12.3 Å². The lowest BCUT2D eigenvalue weighted by molar-refractivity contribution is 0.370. The van der Waals surface area contributed by atoms with Gasteiger partial charge in [0.25, 0.3) is 0 Å². The molecule has 0 N–H and O–H groups in total. The van der Waals surface area contributed by atoms with E-state index in [1.54, 1.807) is 12.5 Å². The van der Waals surface area contributed by atoms with Gasteiger partial charge >= 0.3 is 0 Å². The summed E-state index contributed by atoms with van der Waals surface area (Å²) < 4.78 is 7.30. The van der Waals surface area contributed by atoms with E-state index < -0.39 is 0 Å². The van der Waals surface area contributed by atoms with Crippen LogP contribution in [0.1, 0.15) is 5.56 Å². The van der Waals surface area contributed by atoms with E-state index in [0.717, 1.165) is 12.3 Å². The fourth-order valence-electron chi connectivity index (χ4n) is 1.41. The van der Waals surface area contributed by atoms with E-state index in [-0.39, 0.29) is 0 Å². The molecule has 0 unspecified atom stereocenters. The summed E-state index contributed by atoms with van der Waals surface area (Å²) in [7, 11) is 0. The molecule has 0 spiro atoms. The van der Waals surface area contributed by atoms with E-state index in [9.17, 15) is 0 Å². The highest BCUT2D eigenvalue weighted by Crippen LogP contribution is 2.12. The zero-order chi connectivity index (χ0) is 11.2. The lowest BCUT2D eigenvalue weighted by Gasteiger charge is -2.05. The van der Waals surface area contributed by atoms with Crippen LogP contribution < -0.4 is 4.74 Å². The van der Waals surface area contributed by atoms with Gasteiger partial charge < -0.3 is 9.30 Å². The van der Waals surface area contributed by atoms with Gasteiger partial charge in [-0.2, -0.15) is 0 Å². The Morgan fingerprint density at radius 2 is 2.12 bits per heavy atom. The van der Waals surface area contributed by atoms with Crippen LogP contribution in [0.5, 0.6) is 5.75 Å². The molecular formula is C13H12N2O. The summed E-state index contributed by atoms with van der Waals surface area (Å²) in [6.07, 6.45) is 10.6. The largest absolute Gasteiger partial charge is 0.481 e. The van der Waals surface area contributed by atoms with Gasteiger partial charge in [-0.15, -0.1) is 6.42 Å². The number of ether oxygens (including phenoxy) is 1. The molecule has 0 amide bonds. The van der Waals surface area contributed by atoms with Crippen molar-refractivity contribution >= 4 is 0 Å². The summed E-state index contributed by atoms with van der Waals surface area (Å²) in [4.78, 5) is 3.99. The predicted molar refractivity (Wildman–Crippen MR) is 62.1 cm³/mol. The maximum atomic E-state index is 5.29. The smallest absolute Gasteiger partial charge is 0.148 e. The molecule has 80 valence electrons. The average molecular weight is 212 g/mol. The summed E-state index contributed by atoms with van der Waals surface area (Å²) in [5.41, 5.74) is 1.20. The van der Waals surface area contributed by atoms with E-state index in [0.29, 0.717) is 6.61 Å². The molecule has 1 heterocycles. The summed E-state index contributed by atoms with van der Waals surface area (Å²) in [6, 6.07) is 7.88. The molecule has 0 saturated carbocycles. The molecule has 1 aromatic heterocycles. The third-order valence-corrected chi connectivity index (χ3v) is 2.17. The van der Waals surface area contributed by atoms with Crippen LogP contribution in [-0.2, 0) is 6.54 Å². The first-order chi connectivity index (χ1) is 7.88. The maximum Gasteiger partial charge on any atom is 0.148 e. The topological polar surface area (TPSA) is 27.1 Å². The zero-order valence-electron chi connectivity index (χ0n) is 8.84. The SMILES string of the molecule is C#CCOc1ccc(Cn2ccnc2)cc1. The van der Waals surface area contributed by atoms with Gasteiger partial charge in [-0.05, 0) is 17.7 Å². The maximum absolute atomic E-state index is 5.29. The highest BCUT2D eigenvalue weighted by atomic mass is 16.5. The molecule has 0 radical (unpaired) electrons. The number of rotatable bonds is 4. The quantitative estimate of drug-likeness (QED) is 0.724. The molecule has 1 aromatic carbocycles. The molecule has 0 bridgehead atoms. The van der Waals surface area contributed by atoms with Gasteiger partial charge in [0, 0.05) is 18.9 Å². The highest BCUT2D eigenvalue weighted by Gasteiger charge is 1.96. The number of hydrogen-bond acceptors (Lipinski definition) is 2. The van der Waals surface area contributed by atoms with Crippen LogP contribution >= 0.6 is 0 Å². The summed E-state index contributed by atoms with van der Waals surface area (Å²) in [5, 5.41) is 0. The van der Waals surface area contributed by atoms with E-state index in [4.69, 9.17) is 11.2 Å². The Labute approximate surface area is 94.7 Å². The van der Waals surface area contributed by atoms with E-state index in [2.05, 4.69) is 10.9 Å². The van der Waals surface area contributed by atoms with Gasteiger partial charge in [0.05, 0.1) is 6.33 Å². The van der Waals surface area contributed by atoms with E-state index >= 15 is 0 Å². The van der Waals surface area contributed by atoms with Crippen molar-refractivity contribution in [3.8, 4) is 18.1 Å². The first-order valence-electron chi connectivity index (χ1n) is 4.99. The number of benzene rings is 1. The van der Waals surface area contributed by atoms with Gasteiger partial charge in [-0.25, -0.2) is 4.98 Å². The molecule has 0 fully saturated rings.